The molecule has 0 saturated heterocycles. The zero-order valence-corrected chi connectivity index (χ0v) is 18.5. The lowest BCUT2D eigenvalue weighted by Crippen LogP contribution is -2.40. The first-order valence-electron chi connectivity index (χ1n) is 9.50. The van der Waals surface area contributed by atoms with Crippen molar-refractivity contribution in [2.45, 2.75) is 26.3 Å². The van der Waals surface area contributed by atoms with Crippen LogP contribution in [0.3, 0.4) is 0 Å². The van der Waals surface area contributed by atoms with Crippen LogP contribution in [0.25, 0.3) is 0 Å². The van der Waals surface area contributed by atoms with E-state index in [0.29, 0.717) is 18.5 Å². The van der Waals surface area contributed by atoms with Crippen LogP contribution in [0.15, 0.2) is 66.7 Å². The smallest absolute Gasteiger partial charge is 0.248 e. The number of anilines is 1. The van der Waals surface area contributed by atoms with Gasteiger partial charge in [0.25, 0.3) is 0 Å². The lowest BCUT2D eigenvalue weighted by atomic mass is 10.0. The van der Waals surface area contributed by atoms with Crippen molar-refractivity contribution < 1.29 is 9.18 Å². The van der Waals surface area contributed by atoms with E-state index in [9.17, 15) is 9.18 Å². The average molecular weight is 447 g/mol. The summed E-state index contributed by atoms with van der Waals surface area (Å²) in [6.07, 6.45) is 0.326. The lowest BCUT2D eigenvalue weighted by Gasteiger charge is -2.27. The molecule has 0 saturated carbocycles. The molecule has 0 aliphatic heterocycles. The number of halogens is 3. The van der Waals surface area contributed by atoms with E-state index in [4.69, 9.17) is 17.3 Å². The fraction of sp³-hybridized carbons (Fsp3) is 0.208. The number of rotatable bonds is 6. The molecule has 2 N–H and O–H groups in total. The van der Waals surface area contributed by atoms with E-state index < -0.39 is 11.9 Å². The topological polar surface area (TPSA) is 46.3 Å². The van der Waals surface area contributed by atoms with Gasteiger partial charge in [-0.3, -0.25) is 4.79 Å². The number of nitrogens with two attached hydrogens (primary N) is 1. The molecular formula is C24H25Cl2FN2O. The van der Waals surface area contributed by atoms with Gasteiger partial charge in [-0.1, -0.05) is 60.1 Å². The number of hydrogen-bond donors (Lipinski definition) is 1. The Balaban J connectivity index is 0.00000320. The van der Waals surface area contributed by atoms with Gasteiger partial charge in [0.05, 0.1) is 5.02 Å². The number of aryl methyl sites for hydroxylation is 2. The Hall–Kier alpha value is -2.40. The number of hydrogen-bond acceptors (Lipinski definition) is 2. The van der Waals surface area contributed by atoms with Crippen LogP contribution in [-0.2, 0) is 11.2 Å². The molecule has 6 heteroatoms. The molecule has 3 aromatic rings. The molecule has 1 atom stereocenters. The van der Waals surface area contributed by atoms with E-state index in [-0.39, 0.29) is 23.3 Å². The maximum absolute atomic E-state index is 14.3. The fourth-order valence-electron chi connectivity index (χ4n) is 3.20. The monoisotopic (exact) mass is 446 g/mol. The zero-order valence-electron chi connectivity index (χ0n) is 16.9. The third kappa shape index (κ3) is 5.39. The molecule has 1 unspecified atom stereocenters. The van der Waals surface area contributed by atoms with Crippen molar-refractivity contribution in [3.63, 3.8) is 0 Å². The number of carbonyl (C=O) groups is 1. The van der Waals surface area contributed by atoms with Gasteiger partial charge >= 0.3 is 0 Å². The van der Waals surface area contributed by atoms with Gasteiger partial charge in [0.1, 0.15) is 11.9 Å². The predicted molar refractivity (Wildman–Crippen MR) is 124 cm³/mol. The molecule has 30 heavy (non-hydrogen) atoms. The Morgan fingerprint density at radius 2 is 1.73 bits per heavy atom. The molecular weight excluding hydrogens is 422 g/mol. The van der Waals surface area contributed by atoms with Gasteiger partial charge in [0, 0.05) is 12.2 Å². The summed E-state index contributed by atoms with van der Waals surface area (Å²) in [6, 6.07) is 19.2. The van der Waals surface area contributed by atoms with Crippen LogP contribution in [0.5, 0.6) is 0 Å². The first-order chi connectivity index (χ1) is 13.9. The van der Waals surface area contributed by atoms with Crippen LogP contribution in [0.4, 0.5) is 10.1 Å². The highest BCUT2D eigenvalue weighted by molar-refractivity contribution is 6.30. The number of carbonyl (C=O) groups excluding carboxylic acids is 1. The summed E-state index contributed by atoms with van der Waals surface area (Å²) in [4.78, 5) is 14.9. The quantitative estimate of drug-likeness (QED) is 0.520. The van der Waals surface area contributed by atoms with E-state index in [1.165, 1.54) is 6.07 Å². The van der Waals surface area contributed by atoms with Crippen molar-refractivity contribution in [3.8, 4) is 0 Å². The molecule has 3 rings (SSSR count). The highest BCUT2D eigenvalue weighted by Gasteiger charge is 2.24. The van der Waals surface area contributed by atoms with Gasteiger partial charge in [-0.15, -0.1) is 12.4 Å². The van der Waals surface area contributed by atoms with E-state index in [0.717, 1.165) is 22.4 Å². The molecule has 1 amide bonds. The summed E-state index contributed by atoms with van der Waals surface area (Å²) in [7, 11) is 0. The number of nitrogens with zero attached hydrogens (tertiary/aromatic N) is 1. The Morgan fingerprint density at radius 1 is 1.03 bits per heavy atom. The molecule has 0 aliphatic carbocycles. The normalized spacial score (nSPS) is 11.5. The zero-order chi connectivity index (χ0) is 21.0. The summed E-state index contributed by atoms with van der Waals surface area (Å²) in [5.74, 6) is -0.684. The van der Waals surface area contributed by atoms with Crippen molar-refractivity contribution in [2.75, 3.05) is 11.4 Å². The highest BCUT2D eigenvalue weighted by Crippen LogP contribution is 2.24. The fourth-order valence-corrected chi connectivity index (χ4v) is 3.40. The van der Waals surface area contributed by atoms with Crippen LogP contribution >= 0.6 is 24.0 Å². The third-order valence-electron chi connectivity index (χ3n) is 5.13. The number of amides is 1. The first-order valence-corrected chi connectivity index (χ1v) is 9.88. The summed E-state index contributed by atoms with van der Waals surface area (Å²) in [5, 5.41) is 0.0764. The second kappa shape index (κ2) is 10.6. The van der Waals surface area contributed by atoms with Gasteiger partial charge < -0.3 is 10.6 Å². The van der Waals surface area contributed by atoms with Gasteiger partial charge in [-0.25, -0.2) is 4.39 Å². The largest absolute Gasteiger partial charge is 0.316 e. The van der Waals surface area contributed by atoms with Gasteiger partial charge in [0.15, 0.2) is 0 Å². The first kappa shape index (κ1) is 23.9. The minimum atomic E-state index is -0.804. The molecule has 0 radical (unpaired) electrons. The van der Waals surface area contributed by atoms with Crippen molar-refractivity contribution >= 4 is 35.6 Å². The Kier molecular flexibility index (Phi) is 8.42. The average Bonchev–Trinajstić information content (AvgIpc) is 2.73. The summed E-state index contributed by atoms with van der Waals surface area (Å²) >= 11 is 5.90. The molecule has 158 valence electrons. The second-order valence-corrected chi connectivity index (χ2v) is 7.52. The Morgan fingerprint density at radius 3 is 2.40 bits per heavy atom. The molecule has 0 spiro atoms. The molecule has 0 bridgehead atoms. The third-order valence-corrected chi connectivity index (χ3v) is 5.42. The van der Waals surface area contributed by atoms with E-state index in [1.807, 2.05) is 62.4 Å². The van der Waals surface area contributed by atoms with E-state index in [1.54, 1.807) is 17.0 Å². The van der Waals surface area contributed by atoms with Crippen LogP contribution in [0.1, 0.15) is 28.3 Å². The van der Waals surface area contributed by atoms with Crippen molar-refractivity contribution in [2.24, 2.45) is 5.73 Å². The maximum Gasteiger partial charge on any atom is 0.248 e. The SMILES string of the molecule is Cc1ccc(N(CCc2cccc(Cl)c2F)C(=O)C(N)c2ccccc2)cc1C.Cl. The van der Waals surface area contributed by atoms with Gasteiger partial charge in [0.2, 0.25) is 5.91 Å². The standard InChI is InChI=1S/C24H24ClFN2O.ClH/c1-16-11-12-20(15-17(16)2)28(14-13-18-9-6-10-21(25)22(18)26)24(29)23(27)19-7-4-3-5-8-19;/h3-12,15,23H,13-14,27H2,1-2H3;1H. The molecule has 0 heterocycles. The van der Waals surface area contributed by atoms with Gasteiger partial charge in [-0.2, -0.15) is 0 Å². The molecule has 0 aliphatic rings. The maximum atomic E-state index is 14.3. The molecule has 3 nitrogen and oxygen atoms in total. The van der Waals surface area contributed by atoms with E-state index in [2.05, 4.69) is 0 Å². The Labute approximate surface area is 188 Å². The highest BCUT2D eigenvalue weighted by atomic mass is 35.5. The molecule has 0 aromatic heterocycles. The molecule has 3 aromatic carbocycles. The van der Waals surface area contributed by atoms with Crippen molar-refractivity contribution in [3.05, 3.63) is 99.8 Å². The summed E-state index contributed by atoms with van der Waals surface area (Å²) in [6.45, 7) is 4.30. The summed E-state index contributed by atoms with van der Waals surface area (Å²) < 4.78 is 14.3. The van der Waals surface area contributed by atoms with E-state index >= 15 is 0 Å². The predicted octanol–water partition coefficient (Wildman–Crippen LogP) is 5.79. The van der Waals surface area contributed by atoms with Crippen LogP contribution in [0, 0.1) is 19.7 Å². The van der Waals surface area contributed by atoms with Crippen molar-refractivity contribution in [1.29, 1.82) is 0 Å². The minimum Gasteiger partial charge on any atom is -0.316 e. The van der Waals surface area contributed by atoms with Gasteiger partial charge in [-0.05, 0) is 60.7 Å². The van der Waals surface area contributed by atoms with Crippen LogP contribution < -0.4 is 10.6 Å². The molecule has 0 fully saturated rings. The number of benzene rings is 3. The van der Waals surface area contributed by atoms with Crippen LogP contribution in [0.2, 0.25) is 5.02 Å². The van der Waals surface area contributed by atoms with Crippen LogP contribution in [-0.4, -0.2) is 12.5 Å². The Bertz CT molecular complexity index is 1010. The second-order valence-electron chi connectivity index (χ2n) is 7.11. The lowest BCUT2D eigenvalue weighted by molar-refractivity contribution is -0.120. The minimum absolute atomic E-state index is 0. The summed E-state index contributed by atoms with van der Waals surface area (Å²) in [5.41, 5.74) is 10.4. The van der Waals surface area contributed by atoms with Crippen molar-refractivity contribution in [1.82, 2.24) is 0 Å².